The Morgan fingerprint density at radius 3 is 2.43 bits per heavy atom. The van der Waals surface area contributed by atoms with Gasteiger partial charge in [-0.3, -0.25) is 0 Å². The van der Waals surface area contributed by atoms with Crippen molar-refractivity contribution in [2.45, 2.75) is 33.1 Å². The van der Waals surface area contributed by atoms with Gasteiger partial charge in [-0.1, -0.05) is 32.4 Å². The zero-order chi connectivity index (χ0) is 15.6. The van der Waals surface area contributed by atoms with Gasteiger partial charge in [-0.25, -0.2) is 4.98 Å². The van der Waals surface area contributed by atoms with Crippen molar-refractivity contribution < 1.29 is 9.47 Å². The normalized spacial score (nSPS) is 11.3. The molecule has 2 aromatic rings. The molecule has 0 unspecified atom stereocenters. The summed E-state index contributed by atoms with van der Waals surface area (Å²) >= 11 is 5.95. The number of ether oxygens (including phenoxy) is 2. The fourth-order valence-electron chi connectivity index (χ4n) is 2.02. The number of rotatable bonds is 3. The van der Waals surface area contributed by atoms with Gasteiger partial charge in [-0.05, 0) is 30.5 Å². The molecule has 0 aliphatic rings. The maximum atomic E-state index is 6.07. The predicted molar refractivity (Wildman–Crippen MR) is 85.8 cm³/mol. The van der Waals surface area contributed by atoms with E-state index in [1.807, 2.05) is 25.1 Å². The Morgan fingerprint density at radius 1 is 1.10 bits per heavy atom. The first kappa shape index (κ1) is 15.6. The lowest BCUT2D eigenvalue weighted by atomic mass is 9.86. The SMILES string of the molecule is COc1ccc(Oc2cc(Cl)ncc2C)c(C(C)(C)C)c1. The van der Waals surface area contributed by atoms with Crippen LogP contribution in [0.1, 0.15) is 31.9 Å². The molecule has 4 heteroatoms. The Kier molecular flexibility index (Phi) is 4.43. The minimum absolute atomic E-state index is 0.0609. The standard InChI is InChI=1S/C17H20ClNO2/c1-11-10-19-16(18)9-15(11)21-14-7-6-12(20-5)8-13(14)17(2,3)4/h6-10H,1-5H3. The van der Waals surface area contributed by atoms with Crippen LogP contribution in [0, 0.1) is 6.92 Å². The van der Waals surface area contributed by atoms with Crippen LogP contribution in [0.4, 0.5) is 0 Å². The van der Waals surface area contributed by atoms with Crippen molar-refractivity contribution in [2.24, 2.45) is 0 Å². The molecule has 0 fully saturated rings. The highest BCUT2D eigenvalue weighted by atomic mass is 35.5. The number of hydrogen-bond acceptors (Lipinski definition) is 3. The van der Waals surface area contributed by atoms with Crippen molar-refractivity contribution in [3.63, 3.8) is 0 Å². The first-order chi connectivity index (χ1) is 9.81. The maximum absolute atomic E-state index is 6.07. The zero-order valence-corrected chi connectivity index (χ0v) is 13.8. The third-order valence-electron chi connectivity index (χ3n) is 3.24. The van der Waals surface area contributed by atoms with Crippen LogP contribution in [0.3, 0.4) is 0 Å². The molecule has 3 nitrogen and oxygen atoms in total. The van der Waals surface area contributed by atoms with Gasteiger partial charge in [0.15, 0.2) is 0 Å². The van der Waals surface area contributed by atoms with E-state index in [0.29, 0.717) is 10.9 Å². The Morgan fingerprint density at radius 2 is 1.81 bits per heavy atom. The summed E-state index contributed by atoms with van der Waals surface area (Å²) < 4.78 is 11.4. The molecule has 0 saturated heterocycles. The Balaban J connectivity index is 2.46. The highest BCUT2D eigenvalue weighted by Gasteiger charge is 2.21. The van der Waals surface area contributed by atoms with Crippen molar-refractivity contribution in [2.75, 3.05) is 7.11 Å². The number of halogens is 1. The average Bonchev–Trinajstić information content (AvgIpc) is 2.42. The molecule has 0 atom stereocenters. The monoisotopic (exact) mass is 305 g/mol. The van der Waals surface area contributed by atoms with E-state index in [4.69, 9.17) is 21.1 Å². The summed E-state index contributed by atoms with van der Waals surface area (Å²) in [5, 5.41) is 0.418. The number of nitrogens with zero attached hydrogens (tertiary/aromatic N) is 1. The first-order valence-corrected chi connectivity index (χ1v) is 7.17. The van der Waals surface area contributed by atoms with Crippen LogP contribution in [0.25, 0.3) is 0 Å². The number of pyridine rings is 1. The molecule has 0 saturated carbocycles. The van der Waals surface area contributed by atoms with E-state index in [-0.39, 0.29) is 5.41 Å². The van der Waals surface area contributed by atoms with E-state index >= 15 is 0 Å². The van der Waals surface area contributed by atoms with E-state index in [1.54, 1.807) is 19.4 Å². The summed E-state index contributed by atoms with van der Waals surface area (Å²) in [4.78, 5) is 4.04. The van der Waals surface area contributed by atoms with E-state index in [9.17, 15) is 0 Å². The first-order valence-electron chi connectivity index (χ1n) is 6.80. The van der Waals surface area contributed by atoms with Crippen molar-refractivity contribution in [1.29, 1.82) is 0 Å². The molecule has 0 spiro atoms. The van der Waals surface area contributed by atoms with E-state index in [1.165, 1.54) is 0 Å². The topological polar surface area (TPSA) is 31.4 Å². The van der Waals surface area contributed by atoms with Gasteiger partial charge in [-0.15, -0.1) is 0 Å². The molecular weight excluding hydrogens is 286 g/mol. The molecule has 1 aromatic heterocycles. The van der Waals surface area contributed by atoms with Crippen LogP contribution >= 0.6 is 11.6 Å². The molecule has 0 N–H and O–H groups in total. The molecule has 0 amide bonds. The summed E-state index contributed by atoms with van der Waals surface area (Å²) in [6.45, 7) is 8.36. The second-order valence-electron chi connectivity index (χ2n) is 5.99. The van der Waals surface area contributed by atoms with Crippen molar-refractivity contribution in [1.82, 2.24) is 4.98 Å². The maximum Gasteiger partial charge on any atom is 0.134 e. The highest BCUT2D eigenvalue weighted by Crippen LogP contribution is 2.37. The van der Waals surface area contributed by atoms with Crippen LogP contribution in [-0.2, 0) is 5.41 Å². The largest absolute Gasteiger partial charge is 0.497 e. The minimum Gasteiger partial charge on any atom is -0.497 e. The average molecular weight is 306 g/mol. The van der Waals surface area contributed by atoms with Crippen LogP contribution in [0.2, 0.25) is 5.15 Å². The number of methoxy groups -OCH3 is 1. The number of aryl methyl sites for hydroxylation is 1. The second-order valence-corrected chi connectivity index (χ2v) is 6.37. The summed E-state index contributed by atoms with van der Waals surface area (Å²) in [6, 6.07) is 7.55. The Bertz CT molecular complexity index is 648. The minimum atomic E-state index is -0.0609. The van der Waals surface area contributed by atoms with E-state index in [2.05, 4.69) is 25.8 Å². The summed E-state index contributed by atoms with van der Waals surface area (Å²) in [5.41, 5.74) is 1.96. The van der Waals surface area contributed by atoms with Crippen molar-refractivity contribution in [3.8, 4) is 17.2 Å². The quantitative estimate of drug-likeness (QED) is 0.736. The zero-order valence-electron chi connectivity index (χ0n) is 13.0. The van der Waals surface area contributed by atoms with Crippen molar-refractivity contribution in [3.05, 3.63) is 46.7 Å². The van der Waals surface area contributed by atoms with Gasteiger partial charge < -0.3 is 9.47 Å². The molecule has 112 valence electrons. The van der Waals surface area contributed by atoms with Gasteiger partial charge in [0.1, 0.15) is 22.4 Å². The molecular formula is C17H20ClNO2. The molecule has 0 bridgehead atoms. The third kappa shape index (κ3) is 3.67. The number of aromatic nitrogens is 1. The molecule has 2 rings (SSSR count). The molecule has 21 heavy (non-hydrogen) atoms. The Labute approximate surface area is 130 Å². The molecule has 0 aliphatic carbocycles. The lowest BCUT2D eigenvalue weighted by Gasteiger charge is -2.23. The van der Waals surface area contributed by atoms with E-state index in [0.717, 1.165) is 22.6 Å². The van der Waals surface area contributed by atoms with Gasteiger partial charge in [0.05, 0.1) is 7.11 Å². The van der Waals surface area contributed by atoms with Gasteiger partial charge in [0.2, 0.25) is 0 Å². The van der Waals surface area contributed by atoms with Gasteiger partial charge in [-0.2, -0.15) is 0 Å². The molecule has 1 heterocycles. The molecule has 0 radical (unpaired) electrons. The van der Waals surface area contributed by atoms with E-state index < -0.39 is 0 Å². The van der Waals surface area contributed by atoms with Crippen LogP contribution in [-0.4, -0.2) is 12.1 Å². The second kappa shape index (κ2) is 5.94. The van der Waals surface area contributed by atoms with Gasteiger partial charge in [0.25, 0.3) is 0 Å². The summed E-state index contributed by atoms with van der Waals surface area (Å²) in [5.74, 6) is 2.33. The van der Waals surface area contributed by atoms with Crippen LogP contribution < -0.4 is 9.47 Å². The lowest BCUT2D eigenvalue weighted by Crippen LogP contribution is -2.13. The fourth-order valence-corrected chi connectivity index (χ4v) is 2.17. The summed E-state index contributed by atoms with van der Waals surface area (Å²) in [6.07, 6.45) is 1.71. The lowest BCUT2D eigenvalue weighted by molar-refractivity contribution is 0.407. The fraction of sp³-hybridized carbons (Fsp3) is 0.353. The number of benzene rings is 1. The molecule has 0 aliphatic heterocycles. The Hall–Kier alpha value is -1.74. The smallest absolute Gasteiger partial charge is 0.134 e. The van der Waals surface area contributed by atoms with Crippen LogP contribution in [0.5, 0.6) is 17.2 Å². The third-order valence-corrected chi connectivity index (χ3v) is 3.44. The van der Waals surface area contributed by atoms with Crippen molar-refractivity contribution >= 4 is 11.6 Å². The number of hydrogen-bond donors (Lipinski definition) is 0. The summed E-state index contributed by atoms with van der Waals surface area (Å²) in [7, 11) is 1.66. The van der Waals surface area contributed by atoms with Gasteiger partial charge >= 0.3 is 0 Å². The van der Waals surface area contributed by atoms with Gasteiger partial charge in [0, 0.05) is 23.4 Å². The van der Waals surface area contributed by atoms with Crippen LogP contribution in [0.15, 0.2) is 30.5 Å². The molecule has 1 aromatic carbocycles. The highest BCUT2D eigenvalue weighted by molar-refractivity contribution is 6.29. The predicted octanol–water partition coefficient (Wildman–Crippen LogP) is 5.14.